The quantitative estimate of drug-likeness (QED) is 0.665. The van der Waals surface area contributed by atoms with Crippen molar-refractivity contribution in [3.63, 3.8) is 0 Å². The molecule has 0 aliphatic carbocycles. The van der Waals surface area contributed by atoms with E-state index < -0.39 is 15.3 Å². The largest absolute Gasteiger partial charge is 0.345 e. The van der Waals surface area contributed by atoms with Crippen molar-refractivity contribution in [1.82, 2.24) is 4.57 Å². The van der Waals surface area contributed by atoms with Crippen LogP contribution in [0.25, 0.3) is 0 Å². The smallest absolute Gasteiger partial charge is 0.216 e. The summed E-state index contributed by atoms with van der Waals surface area (Å²) in [5.74, 6) is -0.0892. The molecule has 0 fully saturated rings. The van der Waals surface area contributed by atoms with Crippen LogP contribution in [0.2, 0.25) is 0 Å². The second kappa shape index (κ2) is 7.50. The molecule has 27 heavy (non-hydrogen) atoms. The molecule has 1 heterocycles. The van der Waals surface area contributed by atoms with Gasteiger partial charge in [-0.2, -0.15) is 0 Å². The van der Waals surface area contributed by atoms with Crippen molar-refractivity contribution in [2.75, 3.05) is 0 Å². The van der Waals surface area contributed by atoms with E-state index in [1.165, 1.54) is 0 Å². The number of aromatic nitrogens is 1. The van der Waals surface area contributed by atoms with Gasteiger partial charge in [0.15, 0.2) is 0 Å². The Hall–Kier alpha value is -2.70. The zero-order chi connectivity index (χ0) is 19.6. The summed E-state index contributed by atoms with van der Waals surface area (Å²) in [6, 6.07) is 19.8. The fourth-order valence-corrected chi connectivity index (χ4v) is 4.17. The predicted molar refractivity (Wildman–Crippen MR) is 106 cm³/mol. The monoisotopic (exact) mass is 382 g/mol. The number of nitrogens with zero attached hydrogens (tertiary/aromatic N) is 1. The molecule has 0 spiro atoms. The first-order valence-corrected chi connectivity index (χ1v) is 10.2. The summed E-state index contributed by atoms with van der Waals surface area (Å²) in [7, 11) is -2.03. The summed E-state index contributed by atoms with van der Waals surface area (Å²) < 4.78 is 26.1. The maximum atomic E-state index is 12.9. The number of ketones is 1. The Morgan fingerprint density at radius 1 is 1.00 bits per heavy atom. The van der Waals surface area contributed by atoms with Gasteiger partial charge in [0.05, 0.1) is 5.69 Å². The van der Waals surface area contributed by atoms with Gasteiger partial charge < -0.3 is 4.57 Å². The number of primary sulfonamides is 1. The van der Waals surface area contributed by atoms with Gasteiger partial charge in [-0.15, -0.1) is 0 Å². The second-order valence-corrected chi connectivity index (χ2v) is 8.35. The number of aryl methyl sites for hydroxylation is 1. The van der Waals surface area contributed by atoms with Crippen molar-refractivity contribution in [2.45, 2.75) is 18.6 Å². The van der Waals surface area contributed by atoms with E-state index in [-0.39, 0.29) is 12.2 Å². The van der Waals surface area contributed by atoms with Crippen LogP contribution in [0.1, 0.15) is 38.1 Å². The molecule has 0 amide bonds. The highest BCUT2D eigenvalue weighted by Gasteiger charge is 2.26. The van der Waals surface area contributed by atoms with E-state index in [0.717, 1.165) is 11.3 Å². The van der Waals surface area contributed by atoms with Gasteiger partial charge in [-0.25, -0.2) is 13.6 Å². The first-order valence-electron chi connectivity index (χ1n) is 8.60. The minimum Gasteiger partial charge on any atom is -0.345 e. The van der Waals surface area contributed by atoms with E-state index in [0.29, 0.717) is 16.8 Å². The first kappa shape index (κ1) is 19.1. The van der Waals surface area contributed by atoms with E-state index in [9.17, 15) is 13.2 Å². The van der Waals surface area contributed by atoms with Crippen molar-refractivity contribution < 1.29 is 13.2 Å². The van der Waals surface area contributed by atoms with Gasteiger partial charge in [0.1, 0.15) is 5.25 Å². The Bertz CT molecular complexity index is 1070. The lowest BCUT2D eigenvalue weighted by atomic mass is 10.0. The molecule has 2 N–H and O–H groups in total. The highest BCUT2D eigenvalue weighted by atomic mass is 32.2. The van der Waals surface area contributed by atoms with Crippen LogP contribution in [0, 0.1) is 6.92 Å². The molecule has 3 rings (SSSR count). The topological polar surface area (TPSA) is 82.2 Å². The molecule has 1 atom stereocenters. The van der Waals surface area contributed by atoms with Gasteiger partial charge in [-0.3, -0.25) is 4.79 Å². The van der Waals surface area contributed by atoms with E-state index >= 15 is 0 Å². The Morgan fingerprint density at radius 3 is 2.26 bits per heavy atom. The van der Waals surface area contributed by atoms with E-state index in [1.807, 2.05) is 31.2 Å². The number of rotatable bonds is 6. The Kier molecular flexibility index (Phi) is 5.30. The zero-order valence-corrected chi connectivity index (χ0v) is 16.1. The van der Waals surface area contributed by atoms with Crippen molar-refractivity contribution in [3.8, 4) is 0 Å². The van der Waals surface area contributed by atoms with Gasteiger partial charge >= 0.3 is 0 Å². The minimum absolute atomic E-state index is 0.0892. The molecule has 3 aromatic rings. The fraction of sp³-hybridized carbons (Fsp3) is 0.190. The van der Waals surface area contributed by atoms with E-state index in [1.54, 1.807) is 54.1 Å². The Morgan fingerprint density at radius 2 is 1.63 bits per heavy atom. The van der Waals surface area contributed by atoms with Gasteiger partial charge in [-0.1, -0.05) is 54.6 Å². The number of nitrogens with two attached hydrogens (primary N) is 1. The van der Waals surface area contributed by atoms with Crippen molar-refractivity contribution in [3.05, 3.63) is 94.8 Å². The lowest BCUT2D eigenvalue weighted by Crippen LogP contribution is -2.24. The predicted octanol–water partition coefficient (Wildman–Crippen LogP) is 3.14. The third kappa shape index (κ3) is 4.02. The molecule has 2 aromatic carbocycles. The second-order valence-electron chi connectivity index (χ2n) is 6.61. The van der Waals surface area contributed by atoms with Crippen LogP contribution < -0.4 is 5.14 Å². The molecule has 6 heteroatoms. The zero-order valence-electron chi connectivity index (χ0n) is 15.3. The number of benzene rings is 2. The summed E-state index contributed by atoms with van der Waals surface area (Å²) in [5.41, 5.74) is 3.41. The van der Waals surface area contributed by atoms with Crippen LogP contribution in [0.15, 0.2) is 66.7 Å². The highest BCUT2D eigenvalue weighted by Crippen LogP contribution is 2.26. The molecule has 0 bridgehead atoms. The molecule has 0 aliphatic rings. The normalized spacial score (nSPS) is 12.7. The molecule has 0 saturated heterocycles. The van der Waals surface area contributed by atoms with Crippen LogP contribution in [-0.4, -0.2) is 18.8 Å². The number of hydrogen-bond acceptors (Lipinski definition) is 3. The third-order valence-electron chi connectivity index (χ3n) is 4.81. The first-order chi connectivity index (χ1) is 12.8. The summed E-state index contributed by atoms with van der Waals surface area (Å²) in [4.78, 5) is 12.9. The SMILES string of the molecule is Cc1ccccc1C(=O)c1ccc(CC(c2ccccc2)S(N)(=O)=O)n1C. The third-order valence-corrected chi connectivity index (χ3v) is 6.04. The molecule has 5 nitrogen and oxygen atoms in total. The number of carbonyl (C=O) groups is 1. The van der Waals surface area contributed by atoms with Crippen LogP contribution in [0.4, 0.5) is 0 Å². The Balaban J connectivity index is 1.95. The lowest BCUT2D eigenvalue weighted by Gasteiger charge is -2.16. The van der Waals surface area contributed by atoms with Crippen LogP contribution >= 0.6 is 0 Å². The summed E-state index contributed by atoms with van der Waals surface area (Å²) in [6.07, 6.45) is 0.195. The Labute approximate surface area is 159 Å². The van der Waals surface area contributed by atoms with Crippen LogP contribution in [0.5, 0.6) is 0 Å². The molecule has 0 aliphatic heterocycles. The maximum Gasteiger partial charge on any atom is 0.216 e. The summed E-state index contributed by atoms with van der Waals surface area (Å²) in [5, 5.41) is 4.62. The number of hydrogen-bond donors (Lipinski definition) is 1. The van der Waals surface area contributed by atoms with Gasteiger partial charge in [0.25, 0.3) is 0 Å². The average molecular weight is 382 g/mol. The van der Waals surface area contributed by atoms with Gasteiger partial charge in [0.2, 0.25) is 15.8 Å². The van der Waals surface area contributed by atoms with E-state index in [4.69, 9.17) is 5.14 Å². The van der Waals surface area contributed by atoms with Crippen molar-refractivity contribution in [1.29, 1.82) is 0 Å². The van der Waals surface area contributed by atoms with Gasteiger partial charge in [0, 0.05) is 24.7 Å². The molecule has 0 radical (unpaired) electrons. The van der Waals surface area contributed by atoms with Gasteiger partial charge in [-0.05, 0) is 30.2 Å². The lowest BCUT2D eigenvalue weighted by molar-refractivity contribution is 0.103. The minimum atomic E-state index is -3.80. The van der Waals surface area contributed by atoms with Crippen LogP contribution in [0.3, 0.4) is 0 Å². The van der Waals surface area contributed by atoms with E-state index in [2.05, 4.69) is 0 Å². The van der Waals surface area contributed by atoms with Crippen molar-refractivity contribution in [2.24, 2.45) is 12.2 Å². The summed E-state index contributed by atoms with van der Waals surface area (Å²) in [6.45, 7) is 1.89. The molecule has 1 unspecified atom stereocenters. The number of carbonyl (C=O) groups excluding carboxylic acids is 1. The molecule has 1 aromatic heterocycles. The molecule has 140 valence electrons. The average Bonchev–Trinajstić information content (AvgIpc) is 3.00. The van der Waals surface area contributed by atoms with Crippen LogP contribution in [-0.2, 0) is 23.5 Å². The fourth-order valence-electron chi connectivity index (χ4n) is 3.23. The standard InChI is InChI=1S/C21H22N2O3S/c1-15-8-6-7-11-18(15)21(24)19-13-12-17(23(19)2)14-20(27(22,25)26)16-9-4-3-5-10-16/h3-13,20H,14H2,1-2H3,(H2,22,25,26). The molecule has 0 saturated carbocycles. The van der Waals surface area contributed by atoms with Crippen molar-refractivity contribution >= 4 is 15.8 Å². The summed E-state index contributed by atoms with van der Waals surface area (Å²) >= 11 is 0. The highest BCUT2D eigenvalue weighted by molar-refractivity contribution is 7.89. The molecular weight excluding hydrogens is 360 g/mol. The maximum absolute atomic E-state index is 12.9. The number of sulfonamides is 1. The molecular formula is C21H22N2O3S.